The van der Waals surface area contributed by atoms with Gasteiger partial charge < -0.3 is 9.64 Å². The average Bonchev–Trinajstić information content (AvgIpc) is 2.77. The second kappa shape index (κ2) is 8.31. The Hall–Kier alpha value is -0.176. The summed E-state index contributed by atoms with van der Waals surface area (Å²) in [5.74, 6) is 0. The Kier molecular flexibility index (Phi) is 7.43. The summed E-state index contributed by atoms with van der Waals surface area (Å²) in [5, 5.41) is 0. The molecule has 1 aromatic carbocycles. The predicted molar refractivity (Wildman–Crippen MR) is 83.8 cm³/mol. The van der Waals surface area contributed by atoms with Gasteiger partial charge in [0.2, 0.25) is 0 Å². The maximum absolute atomic E-state index is 5.35. The predicted octanol–water partition coefficient (Wildman–Crippen LogP) is 0.141. The van der Waals surface area contributed by atoms with E-state index in [2.05, 4.69) is 54.4 Å². The van der Waals surface area contributed by atoms with Crippen molar-refractivity contribution in [3.63, 3.8) is 0 Å². The molecular formula is C16H26LiNOSi. The Morgan fingerprint density at radius 3 is 2.65 bits per heavy atom. The van der Waals surface area contributed by atoms with Gasteiger partial charge in [-0.05, 0) is 25.6 Å². The number of hydrogen-bond acceptors (Lipinski definition) is 2. The summed E-state index contributed by atoms with van der Waals surface area (Å²) >= 11 is 0. The Bertz CT molecular complexity index is 385. The van der Waals surface area contributed by atoms with Crippen LogP contribution in [0.25, 0.3) is 0 Å². The van der Waals surface area contributed by atoms with E-state index < -0.39 is 8.07 Å². The molecule has 106 valence electrons. The van der Waals surface area contributed by atoms with Crippen LogP contribution < -0.4 is 18.9 Å². The smallest absolute Gasteiger partial charge is 0.383 e. The monoisotopic (exact) mass is 283 g/mol. The van der Waals surface area contributed by atoms with Crippen molar-refractivity contribution < 1.29 is 23.6 Å². The Morgan fingerprint density at radius 2 is 2.00 bits per heavy atom. The molecule has 2 rings (SSSR count). The van der Waals surface area contributed by atoms with Crippen molar-refractivity contribution in [1.29, 1.82) is 0 Å². The molecule has 2 nitrogen and oxygen atoms in total. The third-order valence-corrected chi connectivity index (χ3v) is 6.16. The van der Waals surface area contributed by atoms with E-state index in [0.717, 1.165) is 6.61 Å². The second-order valence-electron chi connectivity index (χ2n) is 6.27. The maximum atomic E-state index is 5.35. The summed E-state index contributed by atoms with van der Waals surface area (Å²) in [6.07, 6.45) is 3.86. The first-order valence-electron chi connectivity index (χ1n) is 7.25. The summed E-state index contributed by atoms with van der Waals surface area (Å²) in [6, 6.07) is 13.9. The van der Waals surface area contributed by atoms with Gasteiger partial charge in [-0.2, -0.15) is 23.7 Å². The van der Waals surface area contributed by atoms with E-state index in [1.807, 2.05) is 7.11 Å². The van der Waals surface area contributed by atoms with Gasteiger partial charge in [0.15, 0.2) is 0 Å². The zero-order valence-electron chi connectivity index (χ0n) is 13.4. The number of rotatable bonds is 6. The van der Waals surface area contributed by atoms with E-state index in [9.17, 15) is 0 Å². The van der Waals surface area contributed by atoms with E-state index in [0.29, 0.717) is 6.04 Å². The van der Waals surface area contributed by atoms with Gasteiger partial charge in [0.1, 0.15) is 0 Å². The Balaban J connectivity index is 0.00000200. The van der Waals surface area contributed by atoms with E-state index >= 15 is 0 Å². The fourth-order valence-electron chi connectivity index (χ4n) is 3.05. The molecule has 20 heavy (non-hydrogen) atoms. The van der Waals surface area contributed by atoms with Gasteiger partial charge in [0, 0.05) is 21.2 Å². The molecule has 0 spiro atoms. The Morgan fingerprint density at radius 1 is 1.30 bits per heavy atom. The minimum atomic E-state index is -1.33. The van der Waals surface area contributed by atoms with Crippen molar-refractivity contribution in [2.75, 3.05) is 26.4 Å². The molecule has 0 saturated carbocycles. The maximum Gasteiger partial charge on any atom is 1.00 e. The number of benzene rings is 1. The molecule has 1 heterocycles. The van der Waals surface area contributed by atoms with Crippen LogP contribution in [0.5, 0.6) is 0 Å². The van der Waals surface area contributed by atoms with Gasteiger partial charge in [-0.3, -0.25) is 0 Å². The molecule has 1 aliphatic rings. The second-order valence-corrected chi connectivity index (χ2v) is 10.8. The van der Waals surface area contributed by atoms with Crippen molar-refractivity contribution in [2.45, 2.75) is 32.0 Å². The summed E-state index contributed by atoms with van der Waals surface area (Å²) in [6.45, 7) is 7.05. The number of nitrogens with zero attached hydrogens (tertiary/aromatic N) is 1. The zero-order valence-corrected chi connectivity index (χ0v) is 14.4. The first-order chi connectivity index (χ1) is 9.11. The third kappa shape index (κ3) is 5.31. The van der Waals surface area contributed by atoms with Crippen LogP contribution >= 0.6 is 0 Å². The summed E-state index contributed by atoms with van der Waals surface area (Å²) in [7, 11) is 0.480. The molecule has 4 heteroatoms. The summed E-state index contributed by atoms with van der Waals surface area (Å²) < 4.78 is 5.35. The molecule has 0 amide bonds. The van der Waals surface area contributed by atoms with Crippen molar-refractivity contribution in [1.82, 2.24) is 4.90 Å². The molecular weight excluding hydrogens is 257 g/mol. The fourth-order valence-corrected chi connectivity index (χ4v) is 5.70. The summed E-state index contributed by atoms with van der Waals surface area (Å²) in [5.41, 5.74) is 1.38. The van der Waals surface area contributed by atoms with Crippen LogP contribution in [0.3, 0.4) is 0 Å². The minimum Gasteiger partial charge on any atom is -0.383 e. The van der Waals surface area contributed by atoms with Crippen molar-refractivity contribution in [3.05, 3.63) is 41.9 Å². The standard InChI is InChI=1S/C16H26NOSi.Li/c1-18-12-16-10-7-11-17(16)14-19(2,3)13-15-8-5-4-6-9-15;/h4-6,8-9,13,16H,7,10-12,14H2,1-3H3;/q-1;+1. The van der Waals surface area contributed by atoms with Crippen molar-refractivity contribution >= 4 is 8.07 Å². The molecule has 1 saturated heterocycles. The minimum absolute atomic E-state index is 0. The normalized spacial score (nSPS) is 19.6. The van der Waals surface area contributed by atoms with Gasteiger partial charge in [-0.1, -0.05) is 19.2 Å². The number of ether oxygens (including phenoxy) is 1. The topological polar surface area (TPSA) is 12.5 Å². The van der Waals surface area contributed by atoms with Crippen molar-refractivity contribution in [2.24, 2.45) is 0 Å². The van der Waals surface area contributed by atoms with Crippen LogP contribution in [0.1, 0.15) is 18.4 Å². The molecule has 1 aromatic rings. The van der Waals surface area contributed by atoms with Crippen LogP contribution in [0.4, 0.5) is 0 Å². The zero-order chi connectivity index (χ0) is 13.7. The quantitative estimate of drug-likeness (QED) is 0.544. The fraction of sp³-hybridized carbons (Fsp3) is 0.562. The van der Waals surface area contributed by atoms with Crippen LogP contribution in [-0.4, -0.2) is 45.4 Å². The molecule has 0 aliphatic carbocycles. The van der Waals surface area contributed by atoms with Crippen molar-refractivity contribution in [3.8, 4) is 0 Å². The van der Waals surface area contributed by atoms with Crippen LogP contribution in [0.15, 0.2) is 30.3 Å². The molecule has 0 radical (unpaired) electrons. The number of methoxy groups -OCH3 is 1. The number of hydrogen-bond donors (Lipinski definition) is 0. The molecule has 1 atom stereocenters. The SMILES string of the molecule is COCC1CCCN1C[Si](C)(C)[CH-]c1ccccc1.[Li+]. The molecule has 1 fully saturated rings. The molecule has 1 aliphatic heterocycles. The third-order valence-electron chi connectivity index (χ3n) is 3.83. The van der Waals surface area contributed by atoms with Gasteiger partial charge in [-0.25, -0.2) is 0 Å². The van der Waals surface area contributed by atoms with E-state index in [1.54, 1.807) is 0 Å². The van der Waals surface area contributed by atoms with Crippen LogP contribution in [-0.2, 0) is 4.74 Å². The average molecular weight is 283 g/mol. The van der Waals surface area contributed by atoms with Gasteiger partial charge in [-0.15, -0.1) is 12.1 Å². The molecule has 0 bridgehead atoms. The first kappa shape index (κ1) is 17.9. The van der Waals surface area contributed by atoms with Gasteiger partial charge in [0.05, 0.1) is 6.61 Å². The van der Waals surface area contributed by atoms with Crippen LogP contribution in [0.2, 0.25) is 13.1 Å². The molecule has 1 unspecified atom stereocenters. The van der Waals surface area contributed by atoms with E-state index in [-0.39, 0.29) is 18.9 Å². The first-order valence-corrected chi connectivity index (χ1v) is 10.5. The van der Waals surface area contributed by atoms with Gasteiger partial charge in [0.25, 0.3) is 0 Å². The molecule has 0 N–H and O–H groups in total. The molecule has 0 aromatic heterocycles. The van der Waals surface area contributed by atoms with Gasteiger partial charge >= 0.3 is 18.9 Å². The summed E-state index contributed by atoms with van der Waals surface area (Å²) in [4.78, 5) is 2.65. The number of likely N-dealkylation sites (tertiary alicyclic amines) is 1. The van der Waals surface area contributed by atoms with E-state index in [1.165, 1.54) is 31.1 Å². The largest absolute Gasteiger partial charge is 1.00 e. The van der Waals surface area contributed by atoms with Crippen LogP contribution in [0, 0.1) is 6.04 Å². The van der Waals surface area contributed by atoms with E-state index in [4.69, 9.17) is 4.74 Å². The Labute approximate surface area is 137 Å².